The van der Waals surface area contributed by atoms with E-state index < -0.39 is 0 Å². The van der Waals surface area contributed by atoms with E-state index in [1.54, 1.807) is 17.5 Å². The number of nitrogens with two attached hydrogens (primary N) is 1. The van der Waals surface area contributed by atoms with Crippen LogP contribution in [0.4, 0.5) is 0 Å². The normalized spacial score (nSPS) is 12.7. The van der Waals surface area contributed by atoms with Crippen molar-refractivity contribution in [2.24, 2.45) is 5.73 Å². The van der Waals surface area contributed by atoms with Gasteiger partial charge in [-0.15, -0.1) is 11.3 Å². The lowest BCUT2D eigenvalue weighted by Crippen LogP contribution is -2.13. The summed E-state index contributed by atoms with van der Waals surface area (Å²) in [7, 11) is 0. The maximum absolute atomic E-state index is 6.11. The highest BCUT2D eigenvalue weighted by Gasteiger charge is 2.11. The summed E-state index contributed by atoms with van der Waals surface area (Å²) in [6.45, 7) is 1.99. The summed E-state index contributed by atoms with van der Waals surface area (Å²) in [5.74, 6) is 0. The highest BCUT2D eigenvalue weighted by atomic mass is 32.1. The molecule has 2 aromatic rings. The number of hydrogen-bond donors (Lipinski definition) is 1. The molecule has 15 heavy (non-hydrogen) atoms. The molecule has 0 aliphatic rings. The summed E-state index contributed by atoms with van der Waals surface area (Å²) in [6, 6.07) is 4.01. The molecule has 0 radical (unpaired) electrons. The molecule has 0 amide bonds. The van der Waals surface area contributed by atoms with E-state index in [9.17, 15) is 0 Å². The largest absolute Gasteiger partial charge is 0.323 e. The molecule has 2 aromatic heterocycles. The van der Waals surface area contributed by atoms with Crippen molar-refractivity contribution in [2.45, 2.75) is 19.4 Å². The molecule has 0 aromatic carbocycles. The maximum atomic E-state index is 6.11. The lowest BCUT2D eigenvalue weighted by molar-refractivity contribution is 0.726. The number of nitrogens with zero attached hydrogens (tertiary/aromatic N) is 2. The third-order valence-electron chi connectivity index (χ3n) is 2.30. The molecule has 0 saturated carbocycles. The summed E-state index contributed by atoms with van der Waals surface area (Å²) >= 11 is 1.62. The quantitative estimate of drug-likeness (QED) is 0.860. The van der Waals surface area contributed by atoms with Gasteiger partial charge in [-0.05, 0) is 25.0 Å². The van der Waals surface area contributed by atoms with Crippen molar-refractivity contribution in [3.8, 4) is 0 Å². The number of aromatic nitrogens is 2. The Morgan fingerprint density at radius 3 is 3.00 bits per heavy atom. The third-order valence-corrected chi connectivity index (χ3v) is 3.36. The van der Waals surface area contributed by atoms with Crippen LogP contribution < -0.4 is 5.73 Å². The summed E-state index contributed by atoms with van der Waals surface area (Å²) in [6.07, 6.45) is 4.44. The van der Waals surface area contributed by atoms with Crippen molar-refractivity contribution >= 4 is 11.3 Å². The predicted molar refractivity (Wildman–Crippen MR) is 61.7 cm³/mol. The first-order valence-electron chi connectivity index (χ1n) is 4.82. The summed E-state index contributed by atoms with van der Waals surface area (Å²) in [5.41, 5.74) is 10.2. The van der Waals surface area contributed by atoms with Crippen molar-refractivity contribution in [3.05, 3.63) is 46.2 Å². The van der Waals surface area contributed by atoms with Crippen LogP contribution in [0.15, 0.2) is 30.0 Å². The molecule has 0 spiro atoms. The van der Waals surface area contributed by atoms with E-state index in [4.69, 9.17) is 5.73 Å². The van der Waals surface area contributed by atoms with Gasteiger partial charge < -0.3 is 5.73 Å². The molecule has 0 aliphatic carbocycles. The van der Waals surface area contributed by atoms with Gasteiger partial charge in [0.05, 0.1) is 11.2 Å². The zero-order valence-electron chi connectivity index (χ0n) is 8.55. The average molecular weight is 219 g/mol. The fourth-order valence-corrected chi connectivity index (χ4v) is 2.34. The number of rotatable bonds is 3. The lowest BCUT2D eigenvalue weighted by atomic mass is 10.1. The number of pyridine rings is 1. The molecule has 4 heteroatoms. The van der Waals surface area contributed by atoms with Gasteiger partial charge in [0.2, 0.25) is 0 Å². The second kappa shape index (κ2) is 4.51. The highest BCUT2D eigenvalue weighted by Crippen LogP contribution is 2.22. The van der Waals surface area contributed by atoms with Crippen molar-refractivity contribution in [1.82, 2.24) is 9.97 Å². The molecule has 2 heterocycles. The Kier molecular flexibility index (Phi) is 3.08. The summed E-state index contributed by atoms with van der Waals surface area (Å²) in [4.78, 5) is 9.44. The van der Waals surface area contributed by atoms with Gasteiger partial charge in [0, 0.05) is 23.3 Å². The molecule has 1 atom stereocenters. The van der Waals surface area contributed by atoms with Gasteiger partial charge in [-0.3, -0.25) is 4.98 Å². The zero-order valence-corrected chi connectivity index (χ0v) is 9.37. The van der Waals surface area contributed by atoms with Crippen LogP contribution in [0, 0.1) is 6.92 Å². The molecule has 0 aliphatic heterocycles. The van der Waals surface area contributed by atoms with Gasteiger partial charge in [0.15, 0.2) is 0 Å². The van der Waals surface area contributed by atoms with E-state index in [0.717, 1.165) is 17.7 Å². The van der Waals surface area contributed by atoms with E-state index >= 15 is 0 Å². The molecule has 1 unspecified atom stereocenters. The smallest absolute Gasteiger partial charge is 0.0798 e. The standard InChI is InChI=1S/C11H13N3S/c1-8-11(15-7-14-8)10(12)5-9-3-2-4-13-6-9/h2-4,6-7,10H,5,12H2,1H3. The van der Waals surface area contributed by atoms with E-state index in [0.29, 0.717) is 0 Å². The van der Waals surface area contributed by atoms with Crippen LogP contribution in [-0.2, 0) is 6.42 Å². The molecule has 2 rings (SSSR count). The average Bonchev–Trinajstić information content (AvgIpc) is 2.66. The van der Waals surface area contributed by atoms with Gasteiger partial charge in [0.25, 0.3) is 0 Å². The van der Waals surface area contributed by atoms with Crippen LogP contribution in [-0.4, -0.2) is 9.97 Å². The van der Waals surface area contributed by atoms with Crippen molar-refractivity contribution < 1.29 is 0 Å². The number of aryl methyl sites for hydroxylation is 1. The molecular weight excluding hydrogens is 206 g/mol. The Morgan fingerprint density at radius 1 is 1.53 bits per heavy atom. The van der Waals surface area contributed by atoms with Gasteiger partial charge in [-0.25, -0.2) is 4.98 Å². The maximum Gasteiger partial charge on any atom is 0.0798 e. The predicted octanol–water partition coefficient (Wildman–Crippen LogP) is 2.09. The second-order valence-electron chi connectivity index (χ2n) is 3.47. The summed E-state index contributed by atoms with van der Waals surface area (Å²) in [5, 5.41) is 0. The first kappa shape index (κ1) is 10.3. The van der Waals surface area contributed by atoms with E-state index in [-0.39, 0.29) is 6.04 Å². The van der Waals surface area contributed by atoms with Gasteiger partial charge in [0.1, 0.15) is 0 Å². The molecule has 0 saturated heterocycles. The zero-order chi connectivity index (χ0) is 10.7. The Morgan fingerprint density at radius 2 is 2.40 bits per heavy atom. The molecule has 0 bridgehead atoms. The van der Waals surface area contributed by atoms with E-state index in [1.165, 1.54) is 4.88 Å². The Hall–Kier alpha value is -1.26. The topological polar surface area (TPSA) is 51.8 Å². The first-order valence-corrected chi connectivity index (χ1v) is 5.70. The van der Waals surface area contributed by atoms with Crippen LogP contribution in [0.1, 0.15) is 22.2 Å². The van der Waals surface area contributed by atoms with Crippen molar-refractivity contribution in [3.63, 3.8) is 0 Å². The first-order chi connectivity index (χ1) is 7.27. The second-order valence-corrected chi connectivity index (χ2v) is 4.36. The fourth-order valence-electron chi connectivity index (χ4n) is 1.53. The fraction of sp³-hybridized carbons (Fsp3) is 0.273. The molecule has 0 fully saturated rings. The highest BCUT2D eigenvalue weighted by molar-refractivity contribution is 7.09. The third kappa shape index (κ3) is 2.40. The Labute approximate surface area is 93.0 Å². The SMILES string of the molecule is Cc1ncsc1C(N)Cc1cccnc1. The Balaban J connectivity index is 2.11. The molecular formula is C11H13N3S. The number of thiazole rings is 1. The molecule has 3 nitrogen and oxygen atoms in total. The van der Waals surface area contributed by atoms with Gasteiger partial charge in [-0.1, -0.05) is 6.07 Å². The van der Waals surface area contributed by atoms with Gasteiger partial charge in [-0.2, -0.15) is 0 Å². The molecule has 2 N–H and O–H groups in total. The number of hydrogen-bond acceptors (Lipinski definition) is 4. The minimum absolute atomic E-state index is 0.0294. The van der Waals surface area contributed by atoms with Crippen LogP contribution >= 0.6 is 11.3 Å². The van der Waals surface area contributed by atoms with E-state index in [2.05, 4.69) is 9.97 Å². The minimum Gasteiger partial charge on any atom is -0.323 e. The van der Waals surface area contributed by atoms with Crippen molar-refractivity contribution in [1.29, 1.82) is 0 Å². The lowest BCUT2D eigenvalue weighted by Gasteiger charge is -2.09. The van der Waals surface area contributed by atoms with Crippen LogP contribution in [0.3, 0.4) is 0 Å². The van der Waals surface area contributed by atoms with Crippen molar-refractivity contribution in [2.75, 3.05) is 0 Å². The van der Waals surface area contributed by atoms with Crippen LogP contribution in [0.25, 0.3) is 0 Å². The minimum atomic E-state index is 0.0294. The molecule has 78 valence electrons. The summed E-state index contributed by atoms with van der Waals surface area (Å²) < 4.78 is 0. The van der Waals surface area contributed by atoms with E-state index in [1.807, 2.05) is 30.8 Å². The van der Waals surface area contributed by atoms with Crippen LogP contribution in [0.2, 0.25) is 0 Å². The van der Waals surface area contributed by atoms with Gasteiger partial charge >= 0.3 is 0 Å². The monoisotopic (exact) mass is 219 g/mol. The Bertz CT molecular complexity index is 424. The van der Waals surface area contributed by atoms with Crippen LogP contribution in [0.5, 0.6) is 0 Å².